The Kier molecular flexibility index (Phi) is 5.44. The van der Waals surface area contributed by atoms with E-state index in [0.717, 1.165) is 25.9 Å². The van der Waals surface area contributed by atoms with Gasteiger partial charge in [-0.1, -0.05) is 17.7 Å². The average Bonchev–Trinajstić information content (AvgIpc) is 2.47. The van der Waals surface area contributed by atoms with E-state index in [1.54, 1.807) is 31.2 Å². The fourth-order valence-electron chi connectivity index (χ4n) is 2.38. The molecule has 2 N–H and O–H groups in total. The quantitative estimate of drug-likeness (QED) is 0.902. The second-order valence-electron chi connectivity index (χ2n) is 5.22. The largest absolute Gasteiger partial charge is 0.341 e. The van der Waals surface area contributed by atoms with E-state index < -0.39 is 12.1 Å². The molecule has 1 aliphatic heterocycles. The molecule has 2 rings (SSSR count). The molecule has 5 nitrogen and oxygen atoms in total. The number of carbonyl (C=O) groups excluding carboxylic acids is 2. The second-order valence-corrected chi connectivity index (χ2v) is 5.65. The molecule has 0 unspecified atom stereocenters. The van der Waals surface area contributed by atoms with E-state index in [-0.39, 0.29) is 5.91 Å². The van der Waals surface area contributed by atoms with Gasteiger partial charge in [-0.3, -0.25) is 4.79 Å². The highest BCUT2D eigenvalue weighted by atomic mass is 35.5. The van der Waals surface area contributed by atoms with Crippen molar-refractivity contribution in [1.29, 1.82) is 0 Å². The van der Waals surface area contributed by atoms with Gasteiger partial charge in [0.1, 0.15) is 6.04 Å². The van der Waals surface area contributed by atoms with Crippen LogP contribution in [0.4, 0.5) is 10.5 Å². The molecular weight excluding hydrogens is 290 g/mol. The van der Waals surface area contributed by atoms with Crippen LogP contribution in [-0.2, 0) is 4.79 Å². The van der Waals surface area contributed by atoms with Crippen molar-refractivity contribution in [1.82, 2.24) is 10.2 Å². The molecule has 6 heteroatoms. The highest BCUT2D eigenvalue weighted by molar-refractivity contribution is 6.30. The average molecular weight is 310 g/mol. The first kappa shape index (κ1) is 15.6. The van der Waals surface area contributed by atoms with E-state index in [0.29, 0.717) is 10.7 Å². The zero-order chi connectivity index (χ0) is 15.2. The molecule has 0 aromatic heterocycles. The number of likely N-dealkylation sites (tertiary alicyclic amines) is 1. The number of halogens is 1. The van der Waals surface area contributed by atoms with Crippen molar-refractivity contribution in [3.63, 3.8) is 0 Å². The highest BCUT2D eigenvalue weighted by Gasteiger charge is 2.23. The van der Waals surface area contributed by atoms with Crippen molar-refractivity contribution in [2.24, 2.45) is 0 Å². The molecule has 0 spiro atoms. The number of nitrogens with one attached hydrogen (secondary N) is 2. The van der Waals surface area contributed by atoms with Crippen LogP contribution in [-0.4, -0.2) is 36.0 Å². The summed E-state index contributed by atoms with van der Waals surface area (Å²) in [5, 5.41) is 5.87. The summed E-state index contributed by atoms with van der Waals surface area (Å²) in [6.07, 6.45) is 3.24. The maximum atomic E-state index is 12.2. The van der Waals surface area contributed by atoms with E-state index >= 15 is 0 Å². The van der Waals surface area contributed by atoms with E-state index in [1.807, 2.05) is 4.90 Å². The number of rotatable bonds is 3. The van der Waals surface area contributed by atoms with Crippen LogP contribution in [0.15, 0.2) is 24.3 Å². The van der Waals surface area contributed by atoms with Crippen LogP contribution in [0.3, 0.4) is 0 Å². The summed E-state index contributed by atoms with van der Waals surface area (Å²) < 4.78 is 0. The maximum Gasteiger partial charge on any atom is 0.319 e. The predicted molar refractivity (Wildman–Crippen MR) is 83.5 cm³/mol. The van der Waals surface area contributed by atoms with E-state index in [4.69, 9.17) is 11.6 Å². The van der Waals surface area contributed by atoms with E-state index in [1.165, 1.54) is 6.42 Å². The number of amides is 3. The molecule has 0 saturated carbocycles. The lowest BCUT2D eigenvalue weighted by Crippen LogP contribution is -2.49. The Morgan fingerprint density at radius 3 is 2.62 bits per heavy atom. The van der Waals surface area contributed by atoms with Gasteiger partial charge in [0.25, 0.3) is 0 Å². The number of nitrogens with zero attached hydrogens (tertiary/aromatic N) is 1. The summed E-state index contributed by atoms with van der Waals surface area (Å²) in [5.41, 5.74) is 0.595. The van der Waals surface area contributed by atoms with Crippen LogP contribution in [0, 0.1) is 0 Å². The Morgan fingerprint density at radius 1 is 1.24 bits per heavy atom. The standard InChI is InChI=1S/C15H20ClN3O2/c1-11(14(20)19-8-3-2-4-9-19)17-15(21)18-13-7-5-6-12(16)10-13/h5-7,10-11H,2-4,8-9H2,1H3,(H2,17,18,21)/t11-/m1/s1. The van der Waals surface area contributed by atoms with Crippen molar-refractivity contribution in [3.8, 4) is 0 Å². The summed E-state index contributed by atoms with van der Waals surface area (Å²) >= 11 is 5.85. The Labute approximate surface area is 129 Å². The Bertz CT molecular complexity index is 515. The first-order chi connectivity index (χ1) is 10.1. The van der Waals surface area contributed by atoms with Crippen molar-refractivity contribution in [3.05, 3.63) is 29.3 Å². The molecule has 1 heterocycles. The van der Waals surface area contributed by atoms with Crippen molar-refractivity contribution in [2.45, 2.75) is 32.2 Å². The zero-order valence-electron chi connectivity index (χ0n) is 12.1. The number of urea groups is 1. The number of anilines is 1. The van der Waals surface area contributed by atoms with Gasteiger partial charge in [-0.15, -0.1) is 0 Å². The van der Waals surface area contributed by atoms with Gasteiger partial charge < -0.3 is 15.5 Å². The number of benzene rings is 1. The third kappa shape index (κ3) is 4.63. The molecule has 0 radical (unpaired) electrons. The number of hydrogen-bond acceptors (Lipinski definition) is 2. The molecule has 114 valence electrons. The normalized spacial score (nSPS) is 16.2. The lowest BCUT2D eigenvalue weighted by Gasteiger charge is -2.29. The molecule has 1 fully saturated rings. The predicted octanol–water partition coefficient (Wildman–Crippen LogP) is 2.86. The Hall–Kier alpha value is -1.75. The smallest absolute Gasteiger partial charge is 0.319 e. The Morgan fingerprint density at radius 2 is 1.95 bits per heavy atom. The molecule has 0 aliphatic carbocycles. The third-order valence-corrected chi connectivity index (χ3v) is 3.70. The first-order valence-electron chi connectivity index (χ1n) is 7.18. The first-order valence-corrected chi connectivity index (χ1v) is 7.56. The van der Waals surface area contributed by atoms with Gasteiger partial charge in [0.2, 0.25) is 5.91 Å². The van der Waals surface area contributed by atoms with Crippen LogP contribution in [0.1, 0.15) is 26.2 Å². The highest BCUT2D eigenvalue weighted by Crippen LogP contribution is 2.15. The van der Waals surface area contributed by atoms with Gasteiger partial charge in [0, 0.05) is 23.8 Å². The van der Waals surface area contributed by atoms with Crippen molar-refractivity contribution >= 4 is 29.2 Å². The third-order valence-electron chi connectivity index (χ3n) is 3.47. The van der Waals surface area contributed by atoms with Gasteiger partial charge in [-0.05, 0) is 44.4 Å². The fraction of sp³-hybridized carbons (Fsp3) is 0.467. The minimum atomic E-state index is -0.540. The molecule has 0 bridgehead atoms. The van der Waals surface area contributed by atoms with Crippen LogP contribution < -0.4 is 10.6 Å². The second kappa shape index (κ2) is 7.31. The molecule has 1 atom stereocenters. The van der Waals surface area contributed by atoms with Crippen LogP contribution in [0.5, 0.6) is 0 Å². The lowest BCUT2D eigenvalue weighted by atomic mass is 10.1. The SMILES string of the molecule is C[C@@H](NC(=O)Nc1cccc(Cl)c1)C(=O)N1CCCCC1. The minimum absolute atomic E-state index is 0.0315. The van der Waals surface area contributed by atoms with E-state index in [2.05, 4.69) is 10.6 Å². The van der Waals surface area contributed by atoms with Crippen LogP contribution >= 0.6 is 11.6 Å². The monoisotopic (exact) mass is 309 g/mol. The van der Waals surface area contributed by atoms with Crippen molar-refractivity contribution < 1.29 is 9.59 Å². The molecule has 1 aromatic rings. The fourth-order valence-corrected chi connectivity index (χ4v) is 2.57. The van der Waals surface area contributed by atoms with Gasteiger partial charge in [0.05, 0.1) is 0 Å². The summed E-state index contributed by atoms with van der Waals surface area (Å²) in [5.74, 6) is -0.0315. The zero-order valence-corrected chi connectivity index (χ0v) is 12.8. The summed E-state index contributed by atoms with van der Waals surface area (Å²) in [6.45, 7) is 3.26. The summed E-state index contributed by atoms with van der Waals surface area (Å²) in [4.78, 5) is 25.9. The number of piperidine rings is 1. The summed E-state index contributed by atoms with van der Waals surface area (Å²) in [6, 6.07) is 5.92. The lowest BCUT2D eigenvalue weighted by molar-refractivity contribution is -0.133. The van der Waals surface area contributed by atoms with E-state index in [9.17, 15) is 9.59 Å². The molecule has 3 amide bonds. The van der Waals surface area contributed by atoms with Gasteiger partial charge in [0.15, 0.2) is 0 Å². The van der Waals surface area contributed by atoms with Crippen LogP contribution in [0.2, 0.25) is 5.02 Å². The maximum absolute atomic E-state index is 12.2. The molecule has 21 heavy (non-hydrogen) atoms. The van der Waals surface area contributed by atoms with Gasteiger partial charge in [-0.2, -0.15) is 0 Å². The minimum Gasteiger partial charge on any atom is -0.341 e. The number of hydrogen-bond donors (Lipinski definition) is 2. The molecule has 1 saturated heterocycles. The summed E-state index contributed by atoms with van der Waals surface area (Å²) in [7, 11) is 0. The van der Waals surface area contributed by atoms with Gasteiger partial charge in [-0.25, -0.2) is 4.79 Å². The van der Waals surface area contributed by atoms with Crippen LogP contribution in [0.25, 0.3) is 0 Å². The Balaban J connectivity index is 1.85. The molecule has 1 aliphatic rings. The molecular formula is C15H20ClN3O2. The van der Waals surface area contributed by atoms with Crippen molar-refractivity contribution in [2.75, 3.05) is 18.4 Å². The van der Waals surface area contributed by atoms with Gasteiger partial charge >= 0.3 is 6.03 Å². The topological polar surface area (TPSA) is 61.4 Å². The number of carbonyl (C=O) groups is 2. The molecule has 1 aromatic carbocycles.